The summed E-state index contributed by atoms with van der Waals surface area (Å²) in [4.78, 5) is 0.163. The number of fused-ring (bicyclic) bond motifs is 1. The van der Waals surface area contributed by atoms with E-state index in [1.165, 1.54) is 37.4 Å². The van der Waals surface area contributed by atoms with E-state index >= 15 is 0 Å². The number of ether oxygens (including phenoxy) is 2. The van der Waals surface area contributed by atoms with Gasteiger partial charge in [-0.1, -0.05) is 0 Å². The highest BCUT2D eigenvalue weighted by molar-refractivity contribution is 7.92. The van der Waals surface area contributed by atoms with Gasteiger partial charge in [0, 0.05) is 24.6 Å². The number of sulfonamides is 1. The molecule has 0 bridgehead atoms. The number of anilines is 1. The van der Waals surface area contributed by atoms with E-state index in [2.05, 4.69) is 10.1 Å². The molecule has 4 rings (SSSR count). The van der Waals surface area contributed by atoms with Crippen LogP contribution in [0.25, 0.3) is 0 Å². The van der Waals surface area contributed by atoms with Gasteiger partial charge in [-0.3, -0.25) is 4.31 Å². The molecule has 2 atom stereocenters. The van der Waals surface area contributed by atoms with Crippen molar-refractivity contribution in [2.24, 2.45) is 5.92 Å². The molecule has 1 saturated carbocycles. The Hall–Kier alpha value is -2.39. The third kappa shape index (κ3) is 3.42. The Bertz CT molecular complexity index is 1010. The largest absolute Gasteiger partial charge is 0.496 e. The second-order valence-electron chi connectivity index (χ2n) is 7.40. The summed E-state index contributed by atoms with van der Waals surface area (Å²) in [5, 5.41) is 3.36. The first-order valence-electron chi connectivity index (χ1n) is 9.21. The van der Waals surface area contributed by atoms with Gasteiger partial charge in [0.25, 0.3) is 10.0 Å². The quantitative estimate of drug-likeness (QED) is 0.740. The number of alkyl halides is 2. The highest BCUT2D eigenvalue weighted by Crippen LogP contribution is 2.58. The lowest BCUT2D eigenvalue weighted by Crippen LogP contribution is -2.27. The van der Waals surface area contributed by atoms with E-state index in [0.717, 1.165) is 29.4 Å². The molecular formula is C20H22F2N2O4S. The van der Waals surface area contributed by atoms with Crippen molar-refractivity contribution in [2.75, 3.05) is 31.6 Å². The second kappa shape index (κ2) is 7.14. The Balaban J connectivity index is 1.65. The lowest BCUT2D eigenvalue weighted by atomic mass is 9.94. The summed E-state index contributed by atoms with van der Waals surface area (Å²) in [6.45, 7) is -1.21. The van der Waals surface area contributed by atoms with Crippen LogP contribution in [0.3, 0.4) is 0 Å². The zero-order valence-corrected chi connectivity index (χ0v) is 16.9. The zero-order chi connectivity index (χ0) is 20.8. The molecule has 2 aromatic rings. The van der Waals surface area contributed by atoms with Gasteiger partial charge < -0.3 is 14.8 Å². The first-order chi connectivity index (χ1) is 13.8. The van der Waals surface area contributed by atoms with E-state index < -0.39 is 16.6 Å². The standard InChI is InChI=1S/C20H22F2N2O4S/c1-24(14-3-5-15(6-4-14)28-19(21)22)29(25,26)16-7-8-18(27-2)17(9-16)20-10-13(20)11-23-12-20/h3-9,13,19,23H,10-12H2,1-2H3. The highest BCUT2D eigenvalue weighted by Gasteiger charge is 2.59. The number of halogens is 2. The van der Waals surface area contributed by atoms with Gasteiger partial charge in [0.2, 0.25) is 0 Å². The number of piperidine rings is 1. The van der Waals surface area contributed by atoms with Gasteiger partial charge in [-0.2, -0.15) is 8.78 Å². The van der Waals surface area contributed by atoms with Gasteiger partial charge in [-0.25, -0.2) is 8.42 Å². The maximum Gasteiger partial charge on any atom is 0.387 e. The van der Waals surface area contributed by atoms with E-state index in [0.29, 0.717) is 17.4 Å². The lowest BCUT2D eigenvalue weighted by Gasteiger charge is -2.22. The van der Waals surface area contributed by atoms with Crippen LogP contribution in [0.15, 0.2) is 47.4 Å². The van der Waals surface area contributed by atoms with Gasteiger partial charge in [0.1, 0.15) is 11.5 Å². The number of nitrogens with one attached hydrogen (secondary N) is 1. The van der Waals surface area contributed by atoms with Gasteiger partial charge in [0.15, 0.2) is 0 Å². The van der Waals surface area contributed by atoms with Crippen LogP contribution in [-0.4, -0.2) is 42.3 Å². The van der Waals surface area contributed by atoms with Crippen LogP contribution in [-0.2, 0) is 15.4 Å². The molecule has 2 aliphatic rings. The molecule has 0 radical (unpaired) electrons. The molecule has 0 amide bonds. The molecule has 6 nitrogen and oxygen atoms in total. The molecule has 0 aromatic heterocycles. The molecule has 29 heavy (non-hydrogen) atoms. The third-order valence-corrected chi connectivity index (χ3v) is 7.64. The van der Waals surface area contributed by atoms with Gasteiger partial charge >= 0.3 is 6.61 Å². The minimum atomic E-state index is -3.84. The van der Waals surface area contributed by atoms with Crippen molar-refractivity contribution in [2.45, 2.75) is 23.3 Å². The second-order valence-corrected chi connectivity index (χ2v) is 9.36. The van der Waals surface area contributed by atoms with Crippen LogP contribution < -0.4 is 19.1 Å². The maximum atomic E-state index is 13.2. The van der Waals surface area contributed by atoms with Crippen LogP contribution >= 0.6 is 0 Å². The molecule has 156 valence electrons. The van der Waals surface area contributed by atoms with Crippen molar-refractivity contribution in [3.8, 4) is 11.5 Å². The van der Waals surface area contributed by atoms with E-state index in [4.69, 9.17) is 4.74 Å². The van der Waals surface area contributed by atoms with Crippen LogP contribution in [0.4, 0.5) is 14.5 Å². The van der Waals surface area contributed by atoms with Crippen molar-refractivity contribution in [1.82, 2.24) is 5.32 Å². The maximum absolute atomic E-state index is 13.2. The number of hydrogen-bond donors (Lipinski definition) is 1. The fourth-order valence-electron chi connectivity index (χ4n) is 4.13. The summed E-state index contributed by atoms with van der Waals surface area (Å²) in [6, 6.07) is 10.4. The molecule has 2 unspecified atom stereocenters. The third-order valence-electron chi connectivity index (χ3n) is 5.85. The summed E-state index contributed by atoms with van der Waals surface area (Å²) in [5.41, 5.74) is 1.18. The SMILES string of the molecule is COc1ccc(S(=O)(=O)N(C)c2ccc(OC(F)F)cc2)cc1C12CNCC1C2. The number of rotatable bonds is 7. The number of nitrogens with zero attached hydrogens (tertiary/aromatic N) is 1. The number of hydrogen-bond acceptors (Lipinski definition) is 5. The lowest BCUT2D eigenvalue weighted by molar-refractivity contribution is -0.0498. The van der Waals surface area contributed by atoms with Crippen molar-refractivity contribution in [3.63, 3.8) is 0 Å². The predicted molar refractivity (Wildman–Crippen MR) is 104 cm³/mol. The summed E-state index contributed by atoms with van der Waals surface area (Å²) in [7, 11) is -0.835. The summed E-state index contributed by atoms with van der Waals surface area (Å²) in [6.07, 6.45) is 1.02. The molecule has 2 fully saturated rings. The van der Waals surface area contributed by atoms with E-state index in [1.807, 2.05) is 0 Å². The minimum Gasteiger partial charge on any atom is -0.496 e. The molecular weight excluding hydrogens is 402 g/mol. The Morgan fingerprint density at radius 1 is 1.21 bits per heavy atom. The Labute approximate surface area is 168 Å². The van der Waals surface area contributed by atoms with Crippen LogP contribution in [0.1, 0.15) is 12.0 Å². The van der Waals surface area contributed by atoms with Crippen LogP contribution in [0, 0.1) is 5.92 Å². The summed E-state index contributed by atoms with van der Waals surface area (Å²) < 4.78 is 61.9. The highest BCUT2D eigenvalue weighted by atomic mass is 32.2. The van der Waals surface area contributed by atoms with Crippen molar-refractivity contribution in [3.05, 3.63) is 48.0 Å². The Kier molecular flexibility index (Phi) is 4.90. The molecule has 2 aromatic carbocycles. The van der Waals surface area contributed by atoms with Crippen LogP contribution in [0.2, 0.25) is 0 Å². The molecule has 0 spiro atoms. The molecule has 1 aliphatic carbocycles. The van der Waals surface area contributed by atoms with E-state index in [-0.39, 0.29) is 16.1 Å². The van der Waals surface area contributed by atoms with Gasteiger partial charge in [-0.05, 0) is 61.3 Å². The first kappa shape index (κ1) is 19.9. The summed E-state index contributed by atoms with van der Waals surface area (Å²) >= 11 is 0. The fourth-order valence-corrected chi connectivity index (χ4v) is 5.35. The molecule has 1 aliphatic heterocycles. The van der Waals surface area contributed by atoms with Crippen molar-refractivity contribution < 1.29 is 26.7 Å². The van der Waals surface area contributed by atoms with Crippen molar-refractivity contribution in [1.29, 1.82) is 0 Å². The van der Waals surface area contributed by atoms with Gasteiger partial charge in [-0.15, -0.1) is 0 Å². The van der Waals surface area contributed by atoms with Gasteiger partial charge in [0.05, 0.1) is 17.7 Å². The zero-order valence-electron chi connectivity index (χ0n) is 16.1. The van der Waals surface area contributed by atoms with Crippen molar-refractivity contribution >= 4 is 15.7 Å². The van der Waals surface area contributed by atoms with E-state index in [9.17, 15) is 17.2 Å². The number of benzene rings is 2. The predicted octanol–water partition coefficient (Wildman–Crippen LogP) is 2.98. The normalized spacial score (nSPS) is 23.0. The minimum absolute atomic E-state index is 0.0334. The fraction of sp³-hybridized carbons (Fsp3) is 0.400. The summed E-state index contributed by atoms with van der Waals surface area (Å²) in [5.74, 6) is 1.15. The molecule has 1 saturated heterocycles. The topological polar surface area (TPSA) is 67.9 Å². The molecule has 9 heteroatoms. The average Bonchev–Trinajstić information content (AvgIpc) is 3.27. The van der Waals surface area contributed by atoms with E-state index in [1.54, 1.807) is 19.2 Å². The Morgan fingerprint density at radius 2 is 1.93 bits per heavy atom. The monoisotopic (exact) mass is 424 g/mol. The average molecular weight is 424 g/mol. The molecule has 1 heterocycles. The Morgan fingerprint density at radius 3 is 2.48 bits per heavy atom. The number of methoxy groups -OCH3 is 1. The molecule has 1 N–H and O–H groups in total. The first-order valence-corrected chi connectivity index (χ1v) is 10.6. The smallest absolute Gasteiger partial charge is 0.387 e. The van der Waals surface area contributed by atoms with Crippen LogP contribution in [0.5, 0.6) is 11.5 Å².